The zero-order chi connectivity index (χ0) is 15.7. The number of benzene rings is 1. The molecule has 1 aromatic carbocycles. The van der Waals surface area contributed by atoms with Crippen LogP contribution in [0, 0.1) is 11.2 Å². The van der Waals surface area contributed by atoms with Crippen LogP contribution < -0.4 is 10.6 Å². The van der Waals surface area contributed by atoms with Crippen molar-refractivity contribution in [3.05, 3.63) is 29.6 Å². The molecule has 7 heteroatoms. The molecule has 3 rings (SSSR count). The van der Waals surface area contributed by atoms with E-state index >= 15 is 0 Å². The monoisotopic (exact) mass is 377 g/mol. The van der Waals surface area contributed by atoms with Gasteiger partial charge in [-0.15, -0.1) is 24.8 Å². The van der Waals surface area contributed by atoms with Crippen LogP contribution in [-0.2, 0) is 0 Å². The Balaban J connectivity index is 0.00000144. The van der Waals surface area contributed by atoms with E-state index in [0.717, 1.165) is 32.4 Å². The number of nitrogens with zero attached hydrogens (tertiary/aromatic N) is 2. The van der Waals surface area contributed by atoms with Gasteiger partial charge in [0.05, 0.1) is 5.69 Å². The van der Waals surface area contributed by atoms with Gasteiger partial charge in [0.1, 0.15) is 5.82 Å². The van der Waals surface area contributed by atoms with Crippen molar-refractivity contribution in [1.82, 2.24) is 4.90 Å². The molecule has 4 nitrogen and oxygen atoms in total. The molecule has 0 aromatic heterocycles. The van der Waals surface area contributed by atoms with Crippen molar-refractivity contribution in [2.75, 3.05) is 37.6 Å². The van der Waals surface area contributed by atoms with Crippen LogP contribution in [0.5, 0.6) is 0 Å². The zero-order valence-electron chi connectivity index (χ0n) is 14.0. The average molecular weight is 378 g/mol. The molecule has 2 aliphatic rings. The highest BCUT2D eigenvalue weighted by Crippen LogP contribution is 2.30. The summed E-state index contributed by atoms with van der Waals surface area (Å²) in [5, 5.41) is 0. The van der Waals surface area contributed by atoms with Crippen molar-refractivity contribution < 1.29 is 9.18 Å². The van der Waals surface area contributed by atoms with Crippen molar-refractivity contribution in [3.63, 3.8) is 0 Å². The lowest BCUT2D eigenvalue weighted by atomic mass is 9.90. The van der Waals surface area contributed by atoms with E-state index in [0.29, 0.717) is 30.9 Å². The van der Waals surface area contributed by atoms with Crippen LogP contribution in [0.15, 0.2) is 18.2 Å². The normalized spacial score (nSPS) is 23.0. The van der Waals surface area contributed by atoms with Gasteiger partial charge in [0.15, 0.2) is 0 Å². The summed E-state index contributed by atoms with van der Waals surface area (Å²) in [4.78, 5) is 16.4. The largest absolute Gasteiger partial charge is 0.369 e. The minimum atomic E-state index is -0.298. The Labute approximate surface area is 155 Å². The summed E-state index contributed by atoms with van der Waals surface area (Å²) in [6.07, 6.45) is 3.11. The predicted octanol–water partition coefficient (Wildman–Crippen LogP) is 3.08. The van der Waals surface area contributed by atoms with E-state index in [2.05, 4.69) is 6.92 Å². The SMILES string of the molecule is CC1(CN)CCN(C(=O)c2ccc(N3CCCC3)c(F)c2)C1.Cl.Cl. The minimum Gasteiger partial charge on any atom is -0.369 e. The Hall–Kier alpha value is -1.04. The van der Waals surface area contributed by atoms with E-state index in [4.69, 9.17) is 5.73 Å². The number of anilines is 1. The predicted molar refractivity (Wildman–Crippen MR) is 100 cm³/mol. The van der Waals surface area contributed by atoms with E-state index in [1.54, 1.807) is 17.0 Å². The second-order valence-corrected chi connectivity index (χ2v) is 6.85. The van der Waals surface area contributed by atoms with E-state index in [1.807, 2.05) is 4.90 Å². The molecule has 2 fully saturated rings. The quantitative estimate of drug-likeness (QED) is 0.880. The van der Waals surface area contributed by atoms with Crippen LogP contribution >= 0.6 is 24.8 Å². The number of hydrogen-bond acceptors (Lipinski definition) is 3. The number of rotatable bonds is 3. The summed E-state index contributed by atoms with van der Waals surface area (Å²) in [5.41, 5.74) is 6.81. The molecular weight excluding hydrogens is 352 g/mol. The molecule has 0 spiro atoms. The minimum absolute atomic E-state index is 0. The van der Waals surface area contributed by atoms with E-state index in [1.165, 1.54) is 6.07 Å². The molecule has 1 aromatic rings. The maximum Gasteiger partial charge on any atom is 0.253 e. The van der Waals surface area contributed by atoms with Crippen LogP contribution in [0.3, 0.4) is 0 Å². The van der Waals surface area contributed by atoms with Gasteiger partial charge in [0.25, 0.3) is 5.91 Å². The summed E-state index contributed by atoms with van der Waals surface area (Å²) in [6.45, 7) is 5.80. The second kappa shape index (κ2) is 8.37. The van der Waals surface area contributed by atoms with Gasteiger partial charge in [-0.1, -0.05) is 6.92 Å². The summed E-state index contributed by atoms with van der Waals surface area (Å²) in [5.74, 6) is -0.391. The third-order valence-corrected chi connectivity index (χ3v) is 4.98. The Kier molecular flexibility index (Phi) is 7.32. The summed E-state index contributed by atoms with van der Waals surface area (Å²) in [7, 11) is 0. The lowest BCUT2D eigenvalue weighted by Crippen LogP contribution is -2.34. The number of hydrogen-bond donors (Lipinski definition) is 1. The number of halogens is 3. The second-order valence-electron chi connectivity index (χ2n) is 6.85. The van der Waals surface area contributed by atoms with E-state index in [-0.39, 0.29) is 42.0 Å². The Morgan fingerprint density at radius 1 is 1.25 bits per heavy atom. The van der Waals surface area contributed by atoms with Crippen LogP contribution in [0.2, 0.25) is 0 Å². The van der Waals surface area contributed by atoms with Gasteiger partial charge in [0, 0.05) is 31.7 Å². The van der Waals surface area contributed by atoms with Crippen molar-refractivity contribution in [2.45, 2.75) is 26.2 Å². The molecule has 0 bridgehead atoms. The van der Waals surface area contributed by atoms with Gasteiger partial charge in [-0.3, -0.25) is 4.79 Å². The average Bonchev–Trinajstić information content (AvgIpc) is 3.17. The first kappa shape index (κ1) is 21.0. The first-order valence-electron chi connectivity index (χ1n) is 8.06. The molecule has 1 amide bonds. The molecule has 2 N–H and O–H groups in total. The van der Waals surface area contributed by atoms with Crippen molar-refractivity contribution in [1.29, 1.82) is 0 Å². The maximum absolute atomic E-state index is 14.3. The van der Waals surface area contributed by atoms with Gasteiger partial charge in [-0.25, -0.2) is 4.39 Å². The fourth-order valence-corrected chi connectivity index (χ4v) is 3.40. The molecule has 1 atom stereocenters. The van der Waals surface area contributed by atoms with Crippen LogP contribution in [0.4, 0.5) is 10.1 Å². The molecule has 0 aliphatic carbocycles. The molecule has 2 heterocycles. The Morgan fingerprint density at radius 3 is 2.46 bits per heavy atom. The van der Waals surface area contributed by atoms with Crippen molar-refractivity contribution in [2.24, 2.45) is 11.1 Å². The van der Waals surface area contributed by atoms with Crippen molar-refractivity contribution >= 4 is 36.4 Å². The van der Waals surface area contributed by atoms with Crippen LogP contribution in [0.1, 0.15) is 36.5 Å². The molecule has 136 valence electrons. The summed E-state index contributed by atoms with van der Waals surface area (Å²) >= 11 is 0. The standard InChI is InChI=1S/C17H24FN3O.2ClH/c1-17(11-19)6-9-21(12-17)16(22)13-4-5-15(14(18)10-13)20-7-2-3-8-20;;/h4-5,10H,2-3,6-9,11-12,19H2,1H3;2*1H. The molecule has 24 heavy (non-hydrogen) atoms. The van der Waals surface area contributed by atoms with Gasteiger partial charge in [-0.2, -0.15) is 0 Å². The number of carbonyl (C=O) groups is 1. The van der Waals surface area contributed by atoms with Crippen LogP contribution in [-0.4, -0.2) is 43.5 Å². The number of nitrogens with two attached hydrogens (primary N) is 1. The maximum atomic E-state index is 14.3. The fourth-order valence-electron chi connectivity index (χ4n) is 3.40. The third kappa shape index (κ3) is 4.13. The molecule has 0 radical (unpaired) electrons. The highest BCUT2D eigenvalue weighted by atomic mass is 35.5. The Morgan fingerprint density at radius 2 is 1.92 bits per heavy atom. The van der Waals surface area contributed by atoms with Gasteiger partial charge in [0.2, 0.25) is 0 Å². The highest BCUT2D eigenvalue weighted by molar-refractivity contribution is 5.94. The molecular formula is C17H26Cl2FN3O. The first-order chi connectivity index (χ1) is 10.5. The highest BCUT2D eigenvalue weighted by Gasteiger charge is 2.35. The third-order valence-electron chi connectivity index (χ3n) is 4.98. The molecule has 2 aliphatic heterocycles. The van der Waals surface area contributed by atoms with E-state index < -0.39 is 0 Å². The Bertz CT molecular complexity index is 581. The van der Waals surface area contributed by atoms with Gasteiger partial charge in [-0.05, 0) is 49.4 Å². The van der Waals surface area contributed by atoms with Gasteiger partial charge >= 0.3 is 0 Å². The summed E-state index contributed by atoms with van der Waals surface area (Å²) < 4.78 is 14.3. The molecule has 2 saturated heterocycles. The molecule has 1 unspecified atom stereocenters. The zero-order valence-corrected chi connectivity index (χ0v) is 15.6. The number of likely N-dealkylation sites (tertiary alicyclic amines) is 1. The lowest BCUT2D eigenvalue weighted by molar-refractivity contribution is 0.0776. The van der Waals surface area contributed by atoms with Crippen molar-refractivity contribution in [3.8, 4) is 0 Å². The fraction of sp³-hybridized carbons (Fsp3) is 0.588. The van der Waals surface area contributed by atoms with Gasteiger partial charge < -0.3 is 15.5 Å². The first-order valence-corrected chi connectivity index (χ1v) is 8.06. The van der Waals surface area contributed by atoms with Crippen LogP contribution in [0.25, 0.3) is 0 Å². The van der Waals surface area contributed by atoms with E-state index in [9.17, 15) is 9.18 Å². The number of amides is 1. The number of carbonyl (C=O) groups excluding carboxylic acids is 1. The topological polar surface area (TPSA) is 49.6 Å². The smallest absolute Gasteiger partial charge is 0.253 e. The lowest BCUT2D eigenvalue weighted by Gasteiger charge is -2.23. The molecule has 0 saturated carbocycles. The summed E-state index contributed by atoms with van der Waals surface area (Å²) in [6, 6.07) is 4.87.